The molecular weight excluding hydrogens is 230 g/mol. The highest BCUT2D eigenvalue weighted by atomic mass is 16.5. The van der Waals surface area contributed by atoms with Gasteiger partial charge in [0.2, 0.25) is 0 Å². The normalized spacial score (nSPS) is 10.1. The molecule has 4 heteroatoms. The molecule has 18 heavy (non-hydrogen) atoms. The van der Waals surface area contributed by atoms with Gasteiger partial charge in [-0.15, -0.1) is 0 Å². The number of nitrogens with one attached hydrogen (secondary N) is 1. The summed E-state index contributed by atoms with van der Waals surface area (Å²) in [4.78, 5) is 10.4. The van der Waals surface area contributed by atoms with Crippen molar-refractivity contribution >= 4 is 11.7 Å². The Hall–Kier alpha value is -1.71. The Morgan fingerprint density at radius 3 is 2.89 bits per heavy atom. The van der Waals surface area contributed by atoms with Crippen LogP contribution >= 0.6 is 0 Å². The molecule has 0 unspecified atom stereocenters. The van der Waals surface area contributed by atoms with E-state index in [1.54, 1.807) is 6.07 Å². The number of ether oxygens (including phenoxy) is 1. The number of carboxylic acid groups (broad SMARTS) is 1. The molecule has 100 valence electrons. The van der Waals surface area contributed by atoms with Crippen molar-refractivity contribution in [1.82, 2.24) is 0 Å². The summed E-state index contributed by atoms with van der Waals surface area (Å²) in [5.74, 6) is -0.385. The van der Waals surface area contributed by atoms with Gasteiger partial charge in [0.05, 0.1) is 0 Å². The number of carbonyl (C=O) groups is 1. The van der Waals surface area contributed by atoms with Crippen molar-refractivity contribution in [2.45, 2.75) is 32.6 Å². The number of rotatable bonds is 9. The highest BCUT2D eigenvalue weighted by Crippen LogP contribution is 2.17. The maximum atomic E-state index is 10.4. The van der Waals surface area contributed by atoms with Crippen LogP contribution in [0.2, 0.25) is 0 Å². The van der Waals surface area contributed by atoms with Crippen LogP contribution in [-0.4, -0.2) is 24.2 Å². The third kappa shape index (κ3) is 6.13. The summed E-state index contributed by atoms with van der Waals surface area (Å²) in [6, 6.07) is 7.38. The van der Waals surface area contributed by atoms with Gasteiger partial charge in [0.15, 0.2) is 6.61 Å². The number of benzene rings is 1. The van der Waals surface area contributed by atoms with Crippen molar-refractivity contribution in [3.8, 4) is 5.75 Å². The van der Waals surface area contributed by atoms with E-state index in [9.17, 15) is 4.79 Å². The first-order valence-electron chi connectivity index (χ1n) is 6.41. The van der Waals surface area contributed by atoms with Crippen LogP contribution in [0.5, 0.6) is 5.75 Å². The van der Waals surface area contributed by atoms with E-state index in [2.05, 4.69) is 12.2 Å². The fraction of sp³-hybridized carbons (Fsp3) is 0.500. The third-order valence-electron chi connectivity index (χ3n) is 2.56. The average molecular weight is 251 g/mol. The summed E-state index contributed by atoms with van der Waals surface area (Å²) in [6.07, 6.45) is 4.88. The van der Waals surface area contributed by atoms with Crippen molar-refractivity contribution in [1.29, 1.82) is 0 Å². The topological polar surface area (TPSA) is 58.6 Å². The first-order chi connectivity index (χ1) is 8.72. The molecule has 1 aromatic rings. The van der Waals surface area contributed by atoms with Crippen LogP contribution in [0.15, 0.2) is 24.3 Å². The first-order valence-corrected chi connectivity index (χ1v) is 6.41. The van der Waals surface area contributed by atoms with Gasteiger partial charge < -0.3 is 15.2 Å². The van der Waals surface area contributed by atoms with Gasteiger partial charge in [-0.05, 0) is 18.6 Å². The van der Waals surface area contributed by atoms with Crippen LogP contribution in [0.25, 0.3) is 0 Å². The van der Waals surface area contributed by atoms with Crippen LogP contribution in [0.3, 0.4) is 0 Å². The van der Waals surface area contributed by atoms with Gasteiger partial charge >= 0.3 is 5.97 Å². The molecule has 4 nitrogen and oxygen atoms in total. The second-order valence-electron chi connectivity index (χ2n) is 4.20. The van der Waals surface area contributed by atoms with E-state index >= 15 is 0 Å². The van der Waals surface area contributed by atoms with Crippen molar-refractivity contribution in [2.75, 3.05) is 18.5 Å². The molecule has 0 saturated carbocycles. The molecule has 0 atom stereocenters. The molecule has 0 aliphatic rings. The fourth-order valence-electron chi connectivity index (χ4n) is 1.63. The number of hydrogen-bond donors (Lipinski definition) is 2. The number of unbranched alkanes of at least 4 members (excludes halogenated alkanes) is 3. The van der Waals surface area contributed by atoms with E-state index in [1.165, 1.54) is 19.3 Å². The maximum absolute atomic E-state index is 10.4. The van der Waals surface area contributed by atoms with Crippen molar-refractivity contribution in [2.24, 2.45) is 0 Å². The van der Waals surface area contributed by atoms with Gasteiger partial charge in [-0.2, -0.15) is 0 Å². The van der Waals surface area contributed by atoms with Crippen molar-refractivity contribution in [3.63, 3.8) is 0 Å². The van der Waals surface area contributed by atoms with Gasteiger partial charge in [0, 0.05) is 18.3 Å². The Balaban J connectivity index is 2.32. The minimum atomic E-state index is -0.965. The Bertz CT molecular complexity index is 366. The van der Waals surface area contributed by atoms with Gasteiger partial charge in [0.25, 0.3) is 0 Å². The zero-order valence-corrected chi connectivity index (χ0v) is 10.8. The zero-order chi connectivity index (χ0) is 13.2. The second kappa shape index (κ2) is 8.39. The van der Waals surface area contributed by atoms with Gasteiger partial charge in [0.1, 0.15) is 5.75 Å². The second-order valence-corrected chi connectivity index (χ2v) is 4.20. The van der Waals surface area contributed by atoms with E-state index in [-0.39, 0.29) is 6.61 Å². The van der Waals surface area contributed by atoms with E-state index in [1.807, 2.05) is 18.2 Å². The lowest BCUT2D eigenvalue weighted by molar-refractivity contribution is -0.139. The maximum Gasteiger partial charge on any atom is 0.341 e. The smallest absolute Gasteiger partial charge is 0.341 e. The van der Waals surface area contributed by atoms with Gasteiger partial charge in [-0.1, -0.05) is 32.3 Å². The summed E-state index contributed by atoms with van der Waals surface area (Å²) in [5.41, 5.74) is 0.967. The minimum absolute atomic E-state index is 0.306. The number of anilines is 1. The molecule has 0 radical (unpaired) electrons. The Kier molecular flexibility index (Phi) is 6.69. The lowest BCUT2D eigenvalue weighted by atomic mass is 10.2. The molecule has 1 rings (SSSR count). The lowest BCUT2D eigenvalue weighted by Crippen LogP contribution is -2.09. The van der Waals surface area contributed by atoms with Crippen molar-refractivity contribution in [3.05, 3.63) is 24.3 Å². The van der Waals surface area contributed by atoms with Crippen LogP contribution in [-0.2, 0) is 4.79 Å². The molecule has 0 spiro atoms. The standard InChI is InChI=1S/C14H21NO3/c1-2-3-4-5-9-15-12-7-6-8-13(10-12)18-11-14(16)17/h6-8,10,15H,2-5,9,11H2,1H3,(H,16,17). The third-order valence-corrected chi connectivity index (χ3v) is 2.56. The molecule has 2 N–H and O–H groups in total. The molecule has 0 fully saturated rings. The summed E-state index contributed by atoms with van der Waals surface area (Å²) in [5, 5.41) is 11.8. The number of carboxylic acids is 1. The predicted octanol–water partition coefficient (Wildman–Crippen LogP) is 3.14. The predicted molar refractivity (Wildman–Crippen MR) is 72.2 cm³/mol. The summed E-state index contributed by atoms with van der Waals surface area (Å²) >= 11 is 0. The average Bonchev–Trinajstić information content (AvgIpc) is 2.37. The van der Waals surface area contributed by atoms with Crippen LogP contribution in [0.1, 0.15) is 32.6 Å². The number of hydrogen-bond acceptors (Lipinski definition) is 3. The van der Waals surface area contributed by atoms with Crippen LogP contribution < -0.4 is 10.1 Å². The quantitative estimate of drug-likeness (QED) is 0.662. The SMILES string of the molecule is CCCCCCNc1cccc(OCC(=O)O)c1. The Morgan fingerprint density at radius 1 is 1.33 bits per heavy atom. The highest BCUT2D eigenvalue weighted by molar-refractivity contribution is 5.68. The Morgan fingerprint density at radius 2 is 2.17 bits per heavy atom. The summed E-state index contributed by atoms with van der Waals surface area (Å²) in [7, 11) is 0. The highest BCUT2D eigenvalue weighted by Gasteiger charge is 2.00. The monoisotopic (exact) mass is 251 g/mol. The minimum Gasteiger partial charge on any atom is -0.482 e. The first kappa shape index (κ1) is 14.4. The summed E-state index contributed by atoms with van der Waals surface area (Å²) < 4.78 is 5.11. The van der Waals surface area contributed by atoms with Gasteiger partial charge in [-0.3, -0.25) is 0 Å². The van der Waals surface area contributed by atoms with Crippen molar-refractivity contribution < 1.29 is 14.6 Å². The fourth-order valence-corrected chi connectivity index (χ4v) is 1.63. The van der Waals surface area contributed by atoms with Gasteiger partial charge in [-0.25, -0.2) is 4.79 Å². The molecule has 0 aromatic heterocycles. The molecule has 0 aliphatic carbocycles. The lowest BCUT2D eigenvalue weighted by Gasteiger charge is -2.08. The van der Waals surface area contributed by atoms with E-state index in [4.69, 9.17) is 9.84 Å². The van der Waals surface area contributed by atoms with E-state index in [0.29, 0.717) is 5.75 Å². The largest absolute Gasteiger partial charge is 0.482 e. The molecule has 0 heterocycles. The molecule has 0 amide bonds. The number of aliphatic carboxylic acids is 1. The molecule has 0 bridgehead atoms. The van der Waals surface area contributed by atoms with Crippen LogP contribution in [0.4, 0.5) is 5.69 Å². The molecule has 0 aliphatic heterocycles. The Labute approximate surface area is 108 Å². The molecule has 1 aromatic carbocycles. The molecular formula is C14H21NO3. The van der Waals surface area contributed by atoms with Crippen LogP contribution in [0, 0.1) is 0 Å². The summed E-state index contributed by atoms with van der Waals surface area (Å²) in [6.45, 7) is 2.82. The van der Waals surface area contributed by atoms with E-state index in [0.717, 1.165) is 18.7 Å². The zero-order valence-electron chi connectivity index (χ0n) is 10.8. The van der Waals surface area contributed by atoms with E-state index < -0.39 is 5.97 Å². The molecule has 0 saturated heterocycles.